The number of hydrogen-bond donors (Lipinski definition) is 1. The molecule has 0 unspecified atom stereocenters. The highest BCUT2D eigenvalue weighted by molar-refractivity contribution is 5.63. The Morgan fingerprint density at radius 2 is 1.57 bits per heavy atom. The molecule has 0 aliphatic carbocycles. The molecule has 148 valence electrons. The summed E-state index contributed by atoms with van der Waals surface area (Å²) in [6, 6.07) is 21.7. The van der Waals surface area contributed by atoms with Crippen LogP contribution in [0.4, 0.5) is 5.69 Å². The van der Waals surface area contributed by atoms with Gasteiger partial charge >= 0.3 is 0 Å². The normalized spacial score (nSPS) is 13.9. The molecule has 30 heavy (non-hydrogen) atoms. The molecule has 1 fully saturated rings. The van der Waals surface area contributed by atoms with E-state index < -0.39 is 0 Å². The van der Waals surface area contributed by atoms with Crippen molar-refractivity contribution in [1.82, 2.24) is 20.1 Å². The molecule has 7 heteroatoms. The molecule has 1 aliphatic rings. The third-order valence-corrected chi connectivity index (χ3v) is 5.28. The molecule has 0 amide bonds. The van der Waals surface area contributed by atoms with E-state index in [-0.39, 0.29) is 0 Å². The van der Waals surface area contributed by atoms with Gasteiger partial charge < -0.3 is 14.6 Å². The van der Waals surface area contributed by atoms with Gasteiger partial charge in [0.2, 0.25) is 5.82 Å². The summed E-state index contributed by atoms with van der Waals surface area (Å²) < 4.78 is 7.97. The Labute approximate surface area is 174 Å². The minimum atomic E-state index is 0.620. The zero-order chi connectivity index (χ0) is 20.3. The Bertz CT molecular complexity index is 1180. The maximum Gasteiger partial charge on any atom is 0.204 e. The lowest BCUT2D eigenvalue weighted by molar-refractivity contribution is 0.589. The molecule has 5 rings (SSSR count). The van der Waals surface area contributed by atoms with Crippen LogP contribution in [0.3, 0.4) is 0 Å². The van der Waals surface area contributed by atoms with Crippen molar-refractivity contribution in [2.75, 3.05) is 31.1 Å². The van der Waals surface area contributed by atoms with Crippen molar-refractivity contribution in [3.63, 3.8) is 0 Å². The number of nitrogens with zero attached hydrogens (tertiary/aromatic N) is 5. The topological polar surface area (TPSA) is 82.9 Å². The molecule has 1 N–H and O–H groups in total. The molecule has 0 radical (unpaired) electrons. The monoisotopic (exact) mass is 396 g/mol. The molecule has 1 saturated heterocycles. The molecule has 1 aliphatic heterocycles. The van der Waals surface area contributed by atoms with E-state index in [4.69, 9.17) is 9.68 Å². The number of aromatic nitrogens is 3. The van der Waals surface area contributed by atoms with E-state index in [9.17, 15) is 0 Å². The minimum Gasteiger partial charge on any atom is -0.453 e. The first-order chi connectivity index (χ1) is 14.8. The summed E-state index contributed by atoms with van der Waals surface area (Å²) >= 11 is 0. The molecule has 0 atom stereocenters. The van der Waals surface area contributed by atoms with E-state index in [0.29, 0.717) is 17.1 Å². The Morgan fingerprint density at radius 1 is 0.867 bits per heavy atom. The second kappa shape index (κ2) is 7.85. The van der Waals surface area contributed by atoms with Gasteiger partial charge in [0, 0.05) is 43.1 Å². The van der Waals surface area contributed by atoms with Crippen LogP contribution >= 0.6 is 0 Å². The first kappa shape index (κ1) is 18.2. The summed E-state index contributed by atoms with van der Waals surface area (Å²) in [5.74, 6) is 2.00. The standard InChI is InChI=1S/C23H20N6O/c24-15-17-1-3-18(4-2-17)21-9-10-22(30-21)23-27-26-16-29(23)20-7-5-19(6-8-20)28-13-11-25-12-14-28/h1-10,16,25H,11-14H2. The number of rotatable bonds is 4. The zero-order valence-electron chi connectivity index (χ0n) is 16.3. The van der Waals surface area contributed by atoms with Crippen molar-refractivity contribution < 1.29 is 4.42 Å². The summed E-state index contributed by atoms with van der Waals surface area (Å²) in [7, 11) is 0. The lowest BCUT2D eigenvalue weighted by Crippen LogP contribution is -2.43. The predicted octanol–water partition coefficient (Wildman–Crippen LogP) is 3.48. The quantitative estimate of drug-likeness (QED) is 0.569. The van der Waals surface area contributed by atoms with Crippen molar-refractivity contribution in [2.24, 2.45) is 0 Å². The highest BCUT2D eigenvalue weighted by atomic mass is 16.3. The van der Waals surface area contributed by atoms with E-state index >= 15 is 0 Å². The van der Waals surface area contributed by atoms with Crippen LogP contribution in [0.5, 0.6) is 0 Å². The fourth-order valence-electron chi connectivity index (χ4n) is 3.66. The average Bonchev–Trinajstić information content (AvgIpc) is 3.50. The molecular formula is C23H20N6O. The lowest BCUT2D eigenvalue weighted by Gasteiger charge is -2.29. The van der Waals surface area contributed by atoms with Crippen LogP contribution in [0.25, 0.3) is 28.6 Å². The SMILES string of the molecule is N#Cc1ccc(-c2ccc(-c3nncn3-c3ccc(N4CCNCC4)cc3)o2)cc1. The first-order valence-electron chi connectivity index (χ1n) is 9.89. The Morgan fingerprint density at radius 3 is 2.30 bits per heavy atom. The van der Waals surface area contributed by atoms with Gasteiger partial charge in [0.25, 0.3) is 0 Å². The van der Waals surface area contributed by atoms with Crippen molar-refractivity contribution in [3.05, 3.63) is 72.6 Å². The molecule has 0 bridgehead atoms. The number of furan rings is 1. The summed E-state index contributed by atoms with van der Waals surface area (Å²) in [6.45, 7) is 4.05. The Balaban J connectivity index is 1.41. The Kier molecular flexibility index (Phi) is 4.75. The number of anilines is 1. The molecule has 3 heterocycles. The van der Waals surface area contributed by atoms with Gasteiger partial charge in [0.15, 0.2) is 5.76 Å². The number of nitriles is 1. The maximum atomic E-state index is 8.96. The number of benzene rings is 2. The van der Waals surface area contributed by atoms with Crippen LogP contribution in [0.15, 0.2) is 71.4 Å². The zero-order valence-corrected chi connectivity index (χ0v) is 16.3. The van der Waals surface area contributed by atoms with Gasteiger partial charge in [-0.3, -0.25) is 4.57 Å². The first-order valence-corrected chi connectivity index (χ1v) is 9.89. The van der Waals surface area contributed by atoms with Crippen molar-refractivity contribution in [2.45, 2.75) is 0 Å². The summed E-state index contributed by atoms with van der Waals surface area (Å²) in [4.78, 5) is 2.38. The number of hydrogen-bond acceptors (Lipinski definition) is 6. The van der Waals surface area contributed by atoms with Crippen LogP contribution in [0, 0.1) is 11.3 Å². The summed E-state index contributed by atoms with van der Waals surface area (Å²) in [5.41, 5.74) is 3.72. The van der Waals surface area contributed by atoms with Crippen molar-refractivity contribution in [3.8, 4) is 34.7 Å². The van der Waals surface area contributed by atoms with Gasteiger partial charge in [0.05, 0.1) is 11.6 Å². The van der Waals surface area contributed by atoms with Crippen LogP contribution in [0.2, 0.25) is 0 Å². The predicted molar refractivity (Wildman–Crippen MR) is 114 cm³/mol. The van der Waals surface area contributed by atoms with Gasteiger partial charge in [-0.2, -0.15) is 5.26 Å². The summed E-state index contributed by atoms with van der Waals surface area (Å²) in [6.07, 6.45) is 1.69. The Hall–Kier alpha value is -3.89. The van der Waals surface area contributed by atoms with E-state index in [1.165, 1.54) is 5.69 Å². The maximum absolute atomic E-state index is 8.96. The van der Waals surface area contributed by atoms with E-state index in [1.807, 2.05) is 28.8 Å². The molecule has 2 aromatic carbocycles. The highest BCUT2D eigenvalue weighted by Gasteiger charge is 2.15. The van der Waals surface area contributed by atoms with Gasteiger partial charge in [-0.15, -0.1) is 10.2 Å². The molecule has 7 nitrogen and oxygen atoms in total. The molecule has 0 saturated carbocycles. The third-order valence-electron chi connectivity index (χ3n) is 5.28. The van der Waals surface area contributed by atoms with Gasteiger partial charge in [-0.25, -0.2) is 0 Å². The molecule has 2 aromatic heterocycles. The largest absolute Gasteiger partial charge is 0.453 e. The van der Waals surface area contributed by atoms with Crippen LogP contribution in [0.1, 0.15) is 5.56 Å². The van der Waals surface area contributed by atoms with Gasteiger partial charge in [0.1, 0.15) is 12.1 Å². The van der Waals surface area contributed by atoms with Crippen molar-refractivity contribution >= 4 is 5.69 Å². The summed E-state index contributed by atoms with van der Waals surface area (Å²) in [5, 5.41) is 20.7. The lowest BCUT2D eigenvalue weighted by atomic mass is 10.1. The highest BCUT2D eigenvalue weighted by Crippen LogP contribution is 2.29. The van der Waals surface area contributed by atoms with Gasteiger partial charge in [-0.05, 0) is 60.7 Å². The second-order valence-corrected chi connectivity index (χ2v) is 7.13. The minimum absolute atomic E-state index is 0.620. The van der Waals surface area contributed by atoms with Crippen LogP contribution < -0.4 is 10.2 Å². The molecule has 0 spiro atoms. The van der Waals surface area contributed by atoms with Gasteiger partial charge in [-0.1, -0.05) is 0 Å². The average molecular weight is 396 g/mol. The van der Waals surface area contributed by atoms with E-state index in [1.54, 1.807) is 18.5 Å². The second-order valence-electron chi connectivity index (χ2n) is 7.13. The third kappa shape index (κ3) is 3.45. The fourth-order valence-corrected chi connectivity index (χ4v) is 3.66. The van der Waals surface area contributed by atoms with Crippen LogP contribution in [-0.4, -0.2) is 40.9 Å². The fraction of sp³-hybridized carbons (Fsp3) is 0.174. The van der Waals surface area contributed by atoms with Crippen LogP contribution in [-0.2, 0) is 0 Å². The number of piperazine rings is 1. The van der Waals surface area contributed by atoms with E-state index in [2.05, 4.69) is 50.7 Å². The molecular weight excluding hydrogens is 376 g/mol. The van der Waals surface area contributed by atoms with E-state index in [0.717, 1.165) is 43.2 Å². The molecule has 4 aromatic rings. The number of nitrogens with one attached hydrogen (secondary N) is 1. The van der Waals surface area contributed by atoms with Crippen molar-refractivity contribution in [1.29, 1.82) is 5.26 Å². The smallest absolute Gasteiger partial charge is 0.204 e.